The van der Waals surface area contributed by atoms with Crippen LogP contribution in [0.25, 0.3) is 0 Å². The van der Waals surface area contributed by atoms with Crippen LogP contribution in [0.2, 0.25) is 0 Å². The van der Waals surface area contributed by atoms with E-state index in [4.69, 9.17) is 4.52 Å². The van der Waals surface area contributed by atoms with Crippen LogP contribution in [0, 0.1) is 0 Å². The van der Waals surface area contributed by atoms with Crippen molar-refractivity contribution in [3.8, 4) is 0 Å². The van der Waals surface area contributed by atoms with E-state index in [1.807, 2.05) is 4.90 Å². The van der Waals surface area contributed by atoms with Crippen LogP contribution in [0.1, 0.15) is 43.3 Å². The van der Waals surface area contributed by atoms with Gasteiger partial charge in [0, 0.05) is 25.4 Å². The van der Waals surface area contributed by atoms with Crippen molar-refractivity contribution in [2.75, 3.05) is 26.2 Å². The van der Waals surface area contributed by atoms with Crippen LogP contribution in [-0.4, -0.2) is 58.3 Å². The first-order chi connectivity index (χ1) is 10.2. The number of hydrogen-bond acceptors (Lipinski definition) is 6. The monoisotopic (exact) mass is 294 g/mol. The summed E-state index contributed by atoms with van der Waals surface area (Å²) in [4.78, 5) is 18.1. The second-order valence-corrected chi connectivity index (χ2v) is 5.95. The molecule has 2 fully saturated rings. The first-order valence-electron chi connectivity index (χ1n) is 7.70. The molecule has 0 spiro atoms. The number of piperidine rings is 1. The molecular weight excluding hydrogens is 272 g/mol. The van der Waals surface area contributed by atoms with Gasteiger partial charge in [0.15, 0.2) is 5.82 Å². The van der Waals surface area contributed by atoms with Gasteiger partial charge < -0.3 is 14.9 Å². The van der Waals surface area contributed by atoms with E-state index in [1.54, 1.807) is 0 Å². The van der Waals surface area contributed by atoms with Gasteiger partial charge in [0.25, 0.3) is 0 Å². The molecule has 1 aromatic heterocycles. The largest absolute Gasteiger partial charge is 0.392 e. The Bertz CT molecular complexity index is 486. The maximum atomic E-state index is 11.8. The minimum atomic E-state index is -0.300. The topological polar surface area (TPSA) is 91.5 Å². The average Bonchev–Trinajstić information content (AvgIpc) is 3.19. The van der Waals surface area contributed by atoms with Crippen LogP contribution in [0.3, 0.4) is 0 Å². The van der Waals surface area contributed by atoms with Crippen LogP contribution < -0.4 is 5.32 Å². The summed E-state index contributed by atoms with van der Waals surface area (Å²) >= 11 is 0. The van der Waals surface area contributed by atoms with Crippen molar-refractivity contribution in [2.24, 2.45) is 0 Å². The molecule has 3 rings (SSSR count). The lowest BCUT2D eigenvalue weighted by molar-refractivity contribution is -0.122. The average molecular weight is 294 g/mol. The van der Waals surface area contributed by atoms with Gasteiger partial charge in [0.1, 0.15) is 0 Å². The highest BCUT2D eigenvalue weighted by Crippen LogP contribution is 2.38. The molecule has 1 aliphatic carbocycles. The molecule has 21 heavy (non-hydrogen) atoms. The highest BCUT2D eigenvalue weighted by Gasteiger charge is 2.28. The summed E-state index contributed by atoms with van der Waals surface area (Å²) in [5, 5.41) is 16.4. The molecule has 1 unspecified atom stereocenters. The van der Waals surface area contributed by atoms with E-state index in [1.165, 1.54) is 0 Å². The predicted octanol–water partition coefficient (Wildman–Crippen LogP) is 0.0624. The molecule has 2 heterocycles. The van der Waals surface area contributed by atoms with Crippen molar-refractivity contribution < 1.29 is 14.4 Å². The van der Waals surface area contributed by atoms with E-state index in [-0.39, 0.29) is 12.0 Å². The van der Waals surface area contributed by atoms with Gasteiger partial charge in [-0.25, -0.2) is 0 Å². The molecule has 0 aromatic carbocycles. The van der Waals surface area contributed by atoms with Gasteiger partial charge >= 0.3 is 0 Å². The van der Waals surface area contributed by atoms with Crippen LogP contribution in [-0.2, 0) is 11.2 Å². The van der Waals surface area contributed by atoms with Crippen LogP contribution in [0.15, 0.2) is 4.52 Å². The number of amides is 1. The van der Waals surface area contributed by atoms with Gasteiger partial charge in [-0.2, -0.15) is 4.98 Å². The zero-order valence-corrected chi connectivity index (χ0v) is 12.1. The summed E-state index contributed by atoms with van der Waals surface area (Å²) < 4.78 is 5.16. The zero-order valence-electron chi connectivity index (χ0n) is 12.1. The minimum absolute atomic E-state index is 0.0222. The Morgan fingerprint density at radius 3 is 3.05 bits per heavy atom. The smallest absolute Gasteiger partial charge is 0.234 e. The lowest BCUT2D eigenvalue weighted by Gasteiger charge is -2.29. The molecular formula is C14H22N4O3. The molecule has 0 bridgehead atoms. The number of β-amino-alcohol motifs (C(OH)–C–C–N with tert-alkyl or cyclic N) is 1. The number of nitrogens with zero attached hydrogens (tertiary/aromatic N) is 3. The van der Waals surface area contributed by atoms with Crippen molar-refractivity contribution in [2.45, 2.75) is 44.1 Å². The van der Waals surface area contributed by atoms with Crippen LogP contribution in [0.5, 0.6) is 0 Å². The fourth-order valence-electron chi connectivity index (χ4n) is 2.62. The molecule has 1 aliphatic heterocycles. The predicted molar refractivity (Wildman–Crippen MR) is 74.7 cm³/mol. The summed E-state index contributed by atoms with van der Waals surface area (Å²) in [7, 11) is 0. The Kier molecular flexibility index (Phi) is 4.50. The standard InChI is InChI=1S/C14H22N4O3/c19-11-2-1-7-18(8-11)9-12(20)15-6-5-13-16-14(17-21-13)10-3-4-10/h10-11,19H,1-9H2,(H,15,20). The molecule has 1 amide bonds. The molecule has 1 atom stereocenters. The molecule has 0 radical (unpaired) electrons. The first-order valence-corrected chi connectivity index (χ1v) is 7.70. The van der Waals surface area contributed by atoms with Gasteiger partial charge in [-0.3, -0.25) is 9.69 Å². The summed E-state index contributed by atoms with van der Waals surface area (Å²) in [6.45, 7) is 2.30. The molecule has 7 nitrogen and oxygen atoms in total. The second kappa shape index (κ2) is 6.53. The van der Waals surface area contributed by atoms with Crippen molar-refractivity contribution in [1.82, 2.24) is 20.4 Å². The Balaban J connectivity index is 1.35. The van der Waals surface area contributed by atoms with Gasteiger partial charge in [-0.1, -0.05) is 5.16 Å². The first kappa shape index (κ1) is 14.5. The molecule has 2 N–H and O–H groups in total. The summed E-state index contributed by atoms with van der Waals surface area (Å²) in [6.07, 6.45) is 4.34. The lowest BCUT2D eigenvalue weighted by Crippen LogP contribution is -2.44. The van der Waals surface area contributed by atoms with Crippen molar-refractivity contribution in [3.05, 3.63) is 11.7 Å². The summed E-state index contributed by atoms with van der Waals surface area (Å²) in [5.74, 6) is 1.86. The molecule has 116 valence electrons. The quantitative estimate of drug-likeness (QED) is 0.771. The Labute approximate surface area is 123 Å². The molecule has 1 saturated carbocycles. The summed E-state index contributed by atoms with van der Waals surface area (Å²) in [6, 6.07) is 0. The summed E-state index contributed by atoms with van der Waals surface area (Å²) in [5.41, 5.74) is 0. The highest BCUT2D eigenvalue weighted by atomic mass is 16.5. The third-order valence-corrected chi connectivity index (χ3v) is 3.94. The van der Waals surface area contributed by atoms with E-state index in [0.717, 1.165) is 38.1 Å². The molecule has 7 heteroatoms. The number of carbonyl (C=O) groups is 1. The third kappa shape index (κ3) is 4.25. The normalized spacial score (nSPS) is 23.2. The lowest BCUT2D eigenvalue weighted by atomic mass is 10.1. The van der Waals surface area contributed by atoms with Crippen LogP contribution in [0.4, 0.5) is 0 Å². The van der Waals surface area contributed by atoms with Crippen molar-refractivity contribution in [1.29, 1.82) is 0 Å². The Hall–Kier alpha value is -1.47. The van der Waals surface area contributed by atoms with E-state index in [9.17, 15) is 9.90 Å². The third-order valence-electron chi connectivity index (χ3n) is 3.94. The number of carbonyl (C=O) groups excluding carboxylic acids is 1. The fourth-order valence-corrected chi connectivity index (χ4v) is 2.62. The number of aliphatic hydroxyl groups excluding tert-OH is 1. The second-order valence-electron chi connectivity index (χ2n) is 5.95. The zero-order chi connectivity index (χ0) is 14.7. The number of hydrogen-bond donors (Lipinski definition) is 2. The Morgan fingerprint density at radius 2 is 2.29 bits per heavy atom. The number of likely N-dealkylation sites (tertiary alicyclic amines) is 1. The molecule has 1 aromatic rings. The number of rotatable bonds is 6. The Morgan fingerprint density at radius 1 is 1.43 bits per heavy atom. The highest BCUT2D eigenvalue weighted by molar-refractivity contribution is 5.78. The maximum Gasteiger partial charge on any atom is 0.234 e. The van der Waals surface area contributed by atoms with E-state index >= 15 is 0 Å². The number of aromatic nitrogens is 2. The number of aliphatic hydroxyl groups is 1. The minimum Gasteiger partial charge on any atom is -0.392 e. The van der Waals surface area contributed by atoms with E-state index in [0.29, 0.717) is 37.9 Å². The van der Waals surface area contributed by atoms with Gasteiger partial charge in [-0.05, 0) is 32.2 Å². The van der Waals surface area contributed by atoms with E-state index in [2.05, 4.69) is 15.5 Å². The van der Waals surface area contributed by atoms with Crippen LogP contribution >= 0.6 is 0 Å². The van der Waals surface area contributed by atoms with Gasteiger partial charge in [0.05, 0.1) is 12.6 Å². The van der Waals surface area contributed by atoms with Gasteiger partial charge in [-0.15, -0.1) is 0 Å². The van der Waals surface area contributed by atoms with Gasteiger partial charge in [0.2, 0.25) is 11.8 Å². The van der Waals surface area contributed by atoms with Crippen molar-refractivity contribution in [3.63, 3.8) is 0 Å². The van der Waals surface area contributed by atoms with Crippen molar-refractivity contribution >= 4 is 5.91 Å². The SMILES string of the molecule is O=C(CN1CCCC(O)C1)NCCc1nc(C2CC2)no1. The maximum absolute atomic E-state index is 11.8. The van der Waals surface area contributed by atoms with E-state index < -0.39 is 0 Å². The fraction of sp³-hybridized carbons (Fsp3) is 0.786. The number of nitrogens with one attached hydrogen (secondary N) is 1. The molecule has 2 aliphatic rings. The molecule has 1 saturated heterocycles.